The normalized spacial score (nSPS) is 12.6. The molecule has 0 atom stereocenters. The number of hydrogen-bond donors (Lipinski definition) is 0. The Morgan fingerprint density at radius 3 is 1.46 bits per heavy atom. The molecule has 4 heterocycles. The number of benzene rings is 8. The van der Waals surface area contributed by atoms with Crippen molar-refractivity contribution in [1.29, 1.82) is 0 Å². The molecule has 2 aliphatic heterocycles. The summed E-state index contributed by atoms with van der Waals surface area (Å²) < 4.78 is 5.45. The van der Waals surface area contributed by atoms with Crippen molar-refractivity contribution < 1.29 is 0 Å². The van der Waals surface area contributed by atoms with E-state index in [-0.39, 0.29) is 6.71 Å². The second-order valence-corrected chi connectivity index (χ2v) is 21.3. The Labute approximate surface area is 422 Å². The van der Waals surface area contributed by atoms with Gasteiger partial charge in [0.15, 0.2) is 0 Å². The SMILES string of the molecule is CCCCc1ccc(-c2cc(CCCC)ccc2N2c3cc(N(c4ccccc4)c4ccccc4)cc4c3B(c3sc5ccccc5c3N4c3ccc(CCCC)cc3)c3sc4ccccc4c32)cc1. The maximum absolute atomic E-state index is 2.69. The van der Waals surface area contributed by atoms with Gasteiger partial charge in [0.05, 0.1) is 22.7 Å². The molecule has 0 aliphatic carbocycles. The highest BCUT2D eigenvalue weighted by molar-refractivity contribution is 7.40. The number of para-hydroxylation sites is 2. The average molecular weight is 944 g/mol. The minimum atomic E-state index is 0.0298. The van der Waals surface area contributed by atoms with Crippen LogP contribution in [0.25, 0.3) is 31.3 Å². The highest BCUT2D eigenvalue weighted by Crippen LogP contribution is 2.53. The summed E-state index contributed by atoms with van der Waals surface area (Å²) in [5.74, 6) is 0. The first-order valence-electron chi connectivity index (χ1n) is 25.6. The van der Waals surface area contributed by atoms with E-state index in [2.05, 4.69) is 224 Å². The summed E-state index contributed by atoms with van der Waals surface area (Å²) in [6.07, 6.45) is 10.3. The quantitative estimate of drug-likeness (QED) is 0.0948. The van der Waals surface area contributed by atoms with Crippen molar-refractivity contribution in [3.05, 3.63) is 205 Å². The fraction of sp³-hybridized carbons (Fsp3) is 0.188. The number of unbranched alkanes of at least 4 members (excludes halogenated alkanes) is 3. The zero-order valence-electron chi connectivity index (χ0n) is 40.5. The number of nitrogens with zero attached hydrogens (tertiary/aromatic N) is 3. The molecule has 0 saturated carbocycles. The number of fused-ring (bicyclic) bond motifs is 8. The summed E-state index contributed by atoms with van der Waals surface area (Å²) in [6.45, 7) is 6.90. The maximum atomic E-state index is 2.69. The highest BCUT2D eigenvalue weighted by Gasteiger charge is 2.47. The molecule has 3 nitrogen and oxygen atoms in total. The molecule has 0 radical (unpaired) electrons. The molecule has 344 valence electrons. The van der Waals surface area contributed by atoms with E-state index in [1.165, 1.54) is 123 Å². The first-order valence-corrected chi connectivity index (χ1v) is 27.3. The minimum absolute atomic E-state index is 0.0298. The van der Waals surface area contributed by atoms with Gasteiger partial charge < -0.3 is 14.7 Å². The number of aryl methyl sites for hydroxylation is 3. The topological polar surface area (TPSA) is 9.72 Å². The summed E-state index contributed by atoms with van der Waals surface area (Å²) >= 11 is 3.96. The summed E-state index contributed by atoms with van der Waals surface area (Å²) in [4.78, 5) is 7.78. The van der Waals surface area contributed by atoms with Gasteiger partial charge in [-0.3, -0.25) is 0 Å². The van der Waals surface area contributed by atoms with Crippen LogP contribution in [-0.2, 0) is 19.3 Å². The van der Waals surface area contributed by atoms with Gasteiger partial charge in [-0.05, 0) is 139 Å². The summed E-state index contributed by atoms with van der Waals surface area (Å²) in [5.41, 5.74) is 18.9. The molecule has 6 heteroatoms. The van der Waals surface area contributed by atoms with Crippen molar-refractivity contribution in [2.24, 2.45) is 0 Å². The minimum Gasteiger partial charge on any atom is -0.310 e. The van der Waals surface area contributed by atoms with Crippen molar-refractivity contribution in [3.63, 3.8) is 0 Å². The Morgan fingerprint density at radius 2 is 0.900 bits per heavy atom. The third kappa shape index (κ3) is 7.82. The van der Waals surface area contributed by atoms with Crippen LogP contribution in [0.2, 0.25) is 0 Å². The molecule has 2 aliphatic rings. The van der Waals surface area contributed by atoms with E-state index in [4.69, 9.17) is 0 Å². The molecule has 0 spiro atoms. The van der Waals surface area contributed by atoms with E-state index in [0.29, 0.717) is 0 Å². The number of rotatable bonds is 15. The van der Waals surface area contributed by atoms with Gasteiger partial charge in [0.2, 0.25) is 0 Å². The molecular formula is C64H58BN3S2. The molecule has 70 heavy (non-hydrogen) atoms. The first-order chi connectivity index (χ1) is 34.6. The average Bonchev–Trinajstić information content (AvgIpc) is 4.00. The van der Waals surface area contributed by atoms with Crippen LogP contribution in [0.5, 0.6) is 0 Å². The van der Waals surface area contributed by atoms with E-state index in [1.54, 1.807) is 0 Å². The predicted molar refractivity (Wildman–Crippen MR) is 307 cm³/mol. The lowest BCUT2D eigenvalue weighted by atomic mass is 9.39. The molecular weight excluding hydrogens is 886 g/mol. The molecule has 10 aromatic rings. The number of hydrogen-bond acceptors (Lipinski definition) is 5. The predicted octanol–water partition coefficient (Wildman–Crippen LogP) is 17.4. The van der Waals surface area contributed by atoms with Crippen molar-refractivity contribution in [1.82, 2.24) is 0 Å². The van der Waals surface area contributed by atoms with Gasteiger partial charge >= 0.3 is 0 Å². The van der Waals surface area contributed by atoms with Gasteiger partial charge in [0.25, 0.3) is 6.71 Å². The standard InChI is InChI=1S/C64H58BN3S2/c1-4-7-20-44-31-36-47(37-32-44)54-41-46(22-9-6-3)35-40-55(54)68-57-43-51(66(48-23-12-10-13-24-48)49-25-14-11-15-26-49)42-56-60(57)65(64-62(68)53-28-17-19-30-59(53)70-64)63-61(52-27-16-18-29-58(52)69-63)67(56)50-38-33-45(34-39-50)21-8-5-2/h10-19,23-43H,4-9,20-22H2,1-3H3. The van der Waals surface area contributed by atoms with Crippen LogP contribution in [-0.4, -0.2) is 6.71 Å². The Bertz CT molecular complexity index is 3430. The fourth-order valence-electron chi connectivity index (χ4n) is 11.1. The largest absolute Gasteiger partial charge is 0.310 e. The molecule has 8 aromatic carbocycles. The zero-order valence-corrected chi connectivity index (χ0v) is 42.1. The first kappa shape index (κ1) is 44.4. The number of thiophene rings is 2. The van der Waals surface area contributed by atoms with Crippen LogP contribution in [0.3, 0.4) is 0 Å². The van der Waals surface area contributed by atoms with Crippen molar-refractivity contribution in [2.45, 2.75) is 78.6 Å². The van der Waals surface area contributed by atoms with Crippen LogP contribution in [0, 0.1) is 0 Å². The van der Waals surface area contributed by atoms with Crippen LogP contribution in [0.15, 0.2) is 188 Å². The molecule has 0 saturated heterocycles. The van der Waals surface area contributed by atoms with Gasteiger partial charge in [0, 0.05) is 63.7 Å². The van der Waals surface area contributed by atoms with Gasteiger partial charge in [-0.1, -0.05) is 155 Å². The van der Waals surface area contributed by atoms with Crippen LogP contribution in [0.4, 0.5) is 51.2 Å². The van der Waals surface area contributed by atoms with E-state index >= 15 is 0 Å². The Balaban J connectivity index is 1.20. The molecule has 0 bridgehead atoms. The molecule has 0 fully saturated rings. The lowest BCUT2D eigenvalue weighted by Crippen LogP contribution is -2.59. The summed E-state index contributed by atoms with van der Waals surface area (Å²) in [5, 5.41) is 2.60. The van der Waals surface area contributed by atoms with E-state index in [0.717, 1.165) is 49.2 Å². The third-order valence-electron chi connectivity index (χ3n) is 14.6. The van der Waals surface area contributed by atoms with Gasteiger partial charge in [-0.15, -0.1) is 22.7 Å². The second-order valence-electron chi connectivity index (χ2n) is 19.2. The van der Waals surface area contributed by atoms with Gasteiger partial charge in [-0.25, -0.2) is 0 Å². The van der Waals surface area contributed by atoms with E-state index in [9.17, 15) is 0 Å². The third-order valence-corrected chi connectivity index (χ3v) is 17.0. The Kier molecular flexibility index (Phi) is 12.1. The van der Waals surface area contributed by atoms with Crippen molar-refractivity contribution in [2.75, 3.05) is 14.7 Å². The Hall–Kier alpha value is -6.86. The smallest absolute Gasteiger partial charge is 0.277 e. The van der Waals surface area contributed by atoms with Crippen molar-refractivity contribution in [3.8, 4) is 11.1 Å². The van der Waals surface area contributed by atoms with Crippen molar-refractivity contribution >= 4 is 116 Å². The van der Waals surface area contributed by atoms with Gasteiger partial charge in [0.1, 0.15) is 0 Å². The molecule has 12 rings (SSSR count). The lowest BCUT2D eigenvalue weighted by Gasteiger charge is -2.43. The van der Waals surface area contributed by atoms with E-state index in [1.807, 2.05) is 22.7 Å². The van der Waals surface area contributed by atoms with Crippen LogP contribution < -0.4 is 29.7 Å². The zero-order chi connectivity index (χ0) is 47.1. The molecule has 0 unspecified atom stereocenters. The summed E-state index contributed by atoms with van der Waals surface area (Å²) in [7, 11) is 0. The Morgan fingerprint density at radius 1 is 0.429 bits per heavy atom. The second kappa shape index (κ2) is 19.2. The lowest BCUT2D eigenvalue weighted by molar-refractivity contribution is 0.795. The monoisotopic (exact) mass is 943 g/mol. The highest BCUT2D eigenvalue weighted by atomic mass is 32.1. The van der Waals surface area contributed by atoms with Crippen LogP contribution >= 0.6 is 22.7 Å². The van der Waals surface area contributed by atoms with Gasteiger partial charge in [-0.2, -0.15) is 0 Å². The van der Waals surface area contributed by atoms with E-state index < -0.39 is 0 Å². The number of anilines is 9. The fourth-order valence-corrected chi connectivity index (χ4v) is 13.8. The summed E-state index contributed by atoms with van der Waals surface area (Å²) in [6, 6.07) is 71.6. The molecule has 0 N–H and O–H groups in total. The maximum Gasteiger partial charge on any atom is 0.277 e. The molecule has 0 amide bonds. The molecule has 2 aromatic heterocycles. The van der Waals surface area contributed by atoms with Crippen LogP contribution in [0.1, 0.15) is 76.0 Å².